The van der Waals surface area contributed by atoms with Crippen LogP contribution in [0.15, 0.2) is 90.5 Å². The second-order valence-corrected chi connectivity index (χ2v) is 6.18. The number of para-hydroxylation sites is 1. The summed E-state index contributed by atoms with van der Waals surface area (Å²) in [5.74, 6) is 0.913. The van der Waals surface area contributed by atoms with Crippen molar-refractivity contribution in [2.45, 2.75) is 0 Å². The number of carbonyl (C=O) groups is 1. The Morgan fingerprint density at radius 1 is 0.778 bits per heavy atom. The molecule has 3 nitrogen and oxygen atoms in total. The Morgan fingerprint density at radius 3 is 2.15 bits per heavy atom. The highest BCUT2D eigenvalue weighted by molar-refractivity contribution is 6.05. The molecule has 0 aromatic heterocycles. The lowest BCUT2D eigenvalue weighted by Crippen LogP contribution is -1.97. The van der Waals surface area contributed by atoms with Crippen LogP contribution in [0.2, 0.25) is 0 Å². The number of esters is 1. The highest BCUT2D eigenvalue weighted by Crippen LogP contribution is 2.30. The summed E-state index contributed by atoms with van der Waals surface area (Å²) in [6, 6.07) is 25.7. The first-order chi connectivity index (χ1) is 13.2. The van der Waals surface area contributed by atoms with Crippen molar-refractivity contribution in [2.75, 3.05) is 7.11 Å². The smallest absolute Gasteiger partial charge is 0.343 e. The Hall–Kier alpha value is -3.59. The molecule has 1 aliphatic rings. The van der Waals surface area contributed by atoms with Crippen LogP contribution < -0.4 is 4.74 Å². The van der Waals surface area contributed by atoms with Crippen LogP contribution in [0.5, 0.6) is 5.75 Å². The Kier molecular flexibility index (Phi) is 4.58. The van der Waals surface area contributed by atoms with E-state index in [4.69, 9.17) is 9.47 Å². The zero-order chi connectivity index (χ0) is 18.6. The lowest BCUT2D eigenvalue weighted by molar-refractivity contribution is -0.130. The van der Waals surface area contributed by atoms with Gasteiger partial charge in [0.05, 0.1) is 12.7 Å². The quantitative estimate of drug-likeness (QED) is 0.468. The minimum absolute atomic E-state index is 0.358. The summed E-state index contributed by atoms with van der Waals surface area (Å²) < 4.78 is 10.8. The Bertz CT molecular complexity index is 1030. The topological polar surface area (TPSA) is 35.5 Å². The van der Waals surface area contributed by atoms with Crippen LogP contribution in [-0.2, 0) is 9.53 Å². The fourth-order valence-electron chi connectivity index (χ4n) is 3.04. The van der Waals surface area contributed by atoms with E-state index in [2.05, 4.69) is 12.1 Å². The average Bonchev–Trinajstić information content (AvgIpc) is 3.09. The lowest BCUT2D eigenvalue weighted by atomic mass is 10.0. The maximum Gasteiger partial charge on any atom is 0.343 e. The fraction of sp³-hybridized carbons (Fsp3) is 0.0417. The third kappa shape index (κ3) is 3.53. The minimum atomic E-state index is -0.358. The molecule has 0 saturated heterocycles. The number of rotatable bonds is 4. The number of ether oxygens (including phenoxy) is 2. The summed E-state index contributed by atoms with van der Waals surface area (Å²) >= 11 is 0. The first-order valence-corrected chi connectivity index (χ1v) is 8.69. The van der Waals surface area contributed by atoms with E-state index in [1.165, 1.54) is 0 Å². The summed E-state index contributed by atoms with van der Waals surface area (Å²) in [5, 5.41) is 0. The van der Waals surface area contributed by atoms with E-state index in [-0.39, 0.29) is 5.97 Å². The zero-order valence-electron chi connectivity index (χ0n) is 14.9. The van der Waals surface area contributed by atoms with Crippen molar-refractivity contribution in [3.63, 3.8) is 0 Å². The molecule has 132 valence electrons. The Balaban J connectivity index is 1.62. The van der Waals surface area contributed by atoms with Crippen molar-refractivity contribution < 1.29 is 14.3 Å². The van der Waals surface area contributed by atoms with Gasteiger partial charge in [-0.3, -0.25) is 0 Å². The first-order valence-electron chi connectivity index (χ1n) is 8.69. The van der Waals surface area contributed by atoms with E-state index in [0.717, 1.165) is 22.3 Å². The normalized spacial score (nSPS) is 14.8. The van der Waals surface area contributed by atoms with Gasteiger partial charge < -0.3 is 9.47 Å². The molecule has 1 aliphatic heterocycles. The molecule has 0 saturated carbocycles. The van der Waals surface area contributed by atoms with Crippen molar-refractivity contribution in [3.8, 4) is 16.9 Å². The van der Waals surface area contributed by atoms with E-state index >= 15 is 0 Å². The monoisotopic (exact) mass is 354 g/mol. The van der Waals surface area contributed by atoms with Gasteiger partial charge in [-0.2, -0.15) is 0 Å². The van der Waals surface area contributed by atoms with Gasteiger partial charge in [0.2, 0.25) is 0 Å². The number of hydrogen-bond donors (Lipinski definition) is 0. The SMILES string of the molecule is COc1ccccc1/C=C1\C=C(c2ccc(-c3ccccc3)cc2)OC1=O. The van der Waals surface area contributed by atoms with Gasteiger partial charge in [0.15, 0.2) is 0 Å². The number of carbonyl (C=O) groups excluding carboxylic acids is 1. The molecule has 4 rings (SSSR count). The molecule has 27 heavy (non-hydrogen) atoms. The van der Waals surface area contributed by atoms with Gasteiger partial charge in [0.1, 0.15) is 11.5 Å². The predicted molar refractivity (Wildman–Crippen MR) is 107 cm³/mol. The molecule has 0 spiro atoms. The van der Waals surface area contributed by atoms with Crippen molar-refractivity contribution in [2.24, 2.45) is 0 Å². The van der Waals surface area contributed by atoms with Gasteiger partial charge >= 0.3 is 5.97 Å². The highest BCUT2D eigenvalue weighted by atomic mass is 16.5. The molecular formula is C24H18O3. The van der Waals surface area contributed by atoms with Crippen molar-refractivity contribution >= 4 is 17.8 Å². The van der Waals surface area contributed by atoms with Crippen molar-refractivity contribution in [1.29, 1.82) is 0 Å². The summed E-state index contributed by atoms with van der Waals surface area (Å²) in [7, 11) is 1.61. The van der Waals surface area contributed by atoms with E-state index in [1.54, 1.807) is 19.3 Å². The van der Waals surface area contributed by atoms with Crippen LogP contribution in [0, 0.1) is 0 Å². The molecule has 0 amide bonds. The van der Waals surface area contributed by atoms with Crippen LogP contribution in [-0.4, -0.2) is 13.1 Å². The Labute approximate surface area is 158 Å². The zero-order valence-corrected chi connectivity index (χ0v) is 14.9. The summed E-state index contributed by atoms with van der Waals surface area (Å²) in [6.07, 6.45) is 3.55. The maximum absolute atomic E-state index is 12.3. The number of cyclic esters (lactones) is 1. The number of hydrogen-bond acceptors (Lipinski definition) is 3. The van der Waals surface area contributed by atoms with Gasteiger partial charge in [-0.25, -0.2) is 4.79 Å². The second kappa shape index (κ2) is 7.34. The molecular weight excluding hydrogens is 336 g/mol. The molecule has 0 radical (unpaired) electrons. The molecule has 0 fully saturated rings. The second-order valence-electron chi connectivity index (χ2n) is 6.18. The molecule has 3 aromatic carbocycles. The summed E-state index contributed by atoms with van der Waals surface area (Å²) in [4.78, 5) is 12.3. The van der Waals surface area contributed by atoms with Crippen molar-refractivity contribution in [3.05, 3.63) is 102 Å². The van der Waals surface area contributed by atoms with Gasteiger partial charge in [-0.1, -0.05) is 72.8 Å². The van der Waals surface area contributed by atoms with Gasteiger partial charge in [-0.15, -0.1) is 0 Å². The van der Waals surface area contributed by atoms with Crippen LogP contribution in [0.3, 0.4) is 0 Å². The minimum Gasteiger partial charge on any atom is -0.496 e. The van der Waals surface area contributed by atoms with Crippen LogP contribution in [0.4, 0.5) is 0 Å². The van der Waals surface area contributed by atoms with E-state index in [1.807, 2.05) is 66.7 Å². The summed E-state index contributed by atoms with van der Waals surface area (Å²) in [5.41, 5.74) is 4.48. The molecule has 0 unspecified atom stereocenters. The molecule has 0 aliphatic carbocycles. The molecule has 3 aromatic rings. The van der Waals surface area contributed by atoms with E-state index < -0.39 is 0 Å². The van der Waals surface area contributed by atoms with Crippen LogP contribution in [0.25, 0.3) is 23.0 Å². The first kappa shape index (κ1) is 16.9. The van der Waals surface area contributed by atoms with Gasteiger partial charge in [0.25, 0.3) is 0 Å². The van der Waals surface area contributed by atoms with Gasteiger partial charge in [0, 0.05) is 11.1 Å². The van der Waals surface area contributed by atoms with Crippen LogP contribution >= 0.6 is 0 Å². The molecule has 0 bridgehead atoms. The maximum atomic E-state index is 12.3. The summed E-state index contributed by atoms with van der Waals surface area (Å²) in [6.45, 7) is 0. The largest absolute Gasteiger partial charge is 0.496 e. The lowest BCUT2D eigenvalue weighted by Gasteiger charge is -2.05. The Morgan fingerprint density at radius 2 is 1.41 bits per heavy atom. The average molecular weight is 354 g/mol. The standard InChI is InChI=1S/C24H18O3/c1-26-22-10-6-5-9-20(22)15-21-16-23(27-24(21)25)19-13-11-18(12-14-19)17-7-3-2-4-8-17/h2-16H,1H3/b21-15+. The van der Waals surface area contributed by atoms with Gasteiger partial charge in [-0.05, 0) is 29.3 Å². The number of benzene rings is 3. The van der Waals surface area contributed by atoms with Crippen LogP contribution in [0.1, 0.15) is 11.1 Å². The van der Waals surface area contributed by atoms with Crippen molar-refractivity contribution in [1.82, 2.24) is 0 Å². The predicted octanol–water partition coefficient (Wildman–Crippen LogP) is 5.34. The fourth-order valence-corrected chi connectivity index (χ4v) is 3.04. The number of methoxy groups -OCH3 is 1. The van der Waals surface area contributed by atoms with E-state index in [9.17, 15) is 4.79 Å². The van der Waals surface area contributed by atoms with E-state index in [0.29, 0.717) is 17.1 Å². The molecule has 3 heteroatoms. The third-order valence-electron chi connectivity index (χ3n) is 4.45. The molecule has 1 heterocycles. The molecule has 0 atom stereocenters. The highest BCUT2D eigenvalue weighted by Gasteiger charge is 2.22. The third-order valence-corrected chi connectivity index (χ3v) is 4.45. The molecule has 0 N–H and O–H groups in total.